The van der Waals surface area contributed by atoms with E-state index in [9.17, 15) is 4.79 Å². The van der Waals surface area contributed by atoms with E-state index in [4.69, 9.17) is 4.74 Å². The van der Waals surface area contributed by atoms with Crippen molar-refractivity contribution >= 4 is 16.8 Å². The Labute approximate surface area is 193 Å². The quantitative estimate of drug-likeness (QED) is 0.612. The van der Waals surface area contributed by atoms with Crippen LogP contribution < -0.4 is 4.74 Å². The van der Waals surface area contributed by atoms with Crippen LogP contribution in [0, 0.1) is 5.92 Å². The molecule has 1 saturated carbocycles. The Kier molecular flexibility index (Phi) is 6.85. The van der Waals surface area contributed by atoms with E-state index in [-0.39, 0.29) is 18.0 Å². The van der Waals surface area contributed by atoms with Crippen molar-refractivity contribution in [3.63, 3.8) is 0 Å². The predicted molar refractivity (Wildman–Crippen MR) is 131 cm³/mol. The number of benzene rings is 1. The summed E-state index contributed by atoms with van der Waals surface area (Å²) >= 11 is 0. The van der Waals surface area contributed by atoms with Crippen LogP contribution in [0.5, 0.6) is 5.75 Å². The summed E-state index contributed by atoms with van der Waals surface area (Å²) in [7, 11) is 1.73. The number of hydrogen-bond donors (Lipinski definition) is 0. The monoisotopic (exact) mass is 439 g/mol. The van der Waals surface area contributed by atoms with Gasteiger partial charge in [0.25, 0.3) is 5.91 Å². The number of ether oxygens (including phenoxy) is 1. The van der Waals surface area contributed by atoms with Gasteiger partial charge < -0.3 is 14.2 Å². The number of hydrogen-bond acceptors (Lipinski definition) is 3. The lowest BCUT2D eigenvalue weighted by molar-refractivity contribution is -0.0247. The minimum atomic E-state index is 0.153. The molecule has 5 heteroatoms. The first-order chi connectivity index (χ1) is 15.4. The molecule has 1 aromatic heterocycles. The molecule has 0 radical (unpaired) electrons. The highest BCUT2D eigenvalue weighted by molar-refractivity contribution is 6.08. The van der Waals surface area contributed by atoms with Crippen LogP contribution in [0.1, 0.15) is 77.1 Å². The molecule has 1 aliphatic carbocycles. The number of carbonyl (C=O) groups is 1. The maximum atomic E-state index is 14.1. The molecule has 0 N–H and O–H groups in total. The van der Waals surface area contributed by atoms with Crippen molar-refractivity contribution in [2.45, 2.75) is 97.4 Å². The van der Waals surface area contributed by atoms with Crippen LogP contribution in [-0.2, 0) is 6.54 Å². The van der Waals surface area contributed by atoms with Crippen LogP contribution in [0.15, 0.2) is 24.4 Å². The molecule has 1 aliphatic heterocycles. The van der Waals surface area contributed by atoms with Crippen LogP contribution in [0.4, 0.5) is 0 Å². The average molecular weight is 440 g/mol. The molecule has 2 fully saturated rings. The van der Waals surface area contributed by atoms with Gasteiger partial charge in [0.15, 0.2) is 0 Å². The van der Waals surface area contributed by atoms with Crippen LogP contribution in [0.25, 0.3) is 10.9 Å². The number of carbonyl (C=O) groups excluding carboxylic acids is 1. The summed E-state index contributed by atoms with van der Waals surface area (Å²) in [6.07, 6.45) is 8.66. The zero-order chi connectivity index (χ0) is 23.0. The third-order valence-electron chi connectivity index (χ3n) is 8.41. The third kappa shape index (κ3) is 3.93. The normalized spacial score (nSPS) is 27.8. The average Bonchev–Trinajstić information content (AvgIpc) is 3.17. The fraction of sp³-hybridized carbons (Fsp3) is 0.667. The molecule has 0 spiro atoms. The SMILES string of the molecule is CCN1C(C)C(C)N(C(=O)c2cn(CC3CCCCC3)c3c(OC)cccc23)C(C)C1C. The zero-order valence-corrected chi connectivity index (χ0v) is 20.8. The van der Waals surface area contributed by atoms with Crippen molar-refractivity contribution in [3.8, 4) is 5.75 Å². The summed E-state index contributed by atoms with van der Waals surface area (Å²) in [6.45, 7) is 13.1. The fourth-order valence-corrected chi connectivity index (χ4v) is 6.30. The van der Waals surface area contributed by atoms with Gasteiger partial charge in [0.05, 0.1) is 18.2 Å². The second-order valence-electron chi connectivity index (χ2n) is 10.1. The Morgan fingerprint density at radius 3 is 2.25 bits per heavy atom. The van der Waals surface area contributed by atoms with Crippen molar-refractivity contribution in [2.24, 2.45) is 5.92 Å². The van der Waals surface area contributed by atoms with Crippen LogP contribution in [0.2, 0.25) is 0 Å². The molecule has 5 nitrogen and oxygen atoms in total. The van der Waals surface area contributed by atoms with Gasteiger partial charge in [-0.15, -0.1) is 0 Å². The van der Waals surface area contributed by atoms with Crippen LogP contribution in [-0.4, -0.2) is 58.1 Å². The van der Waals surface area contributed by atoms with Gasteiger partial charge in [-0.3, -0.25) is 9.69 Å². The fourth-order valence-electron chi connectivity index (χ4n) is 6.30. The van der Waals surface area contributed by atoms with Gasteiger partial charge in [-0.2, -0.15) is 0 Å². The molecule has 176 valence electrons. The first kappa shape index (κ1) is 23.2. The van der Waals surface area contributed by atoms with E-state index in [1.807, 2.05) is 12.1 Å². The van der Waals surface area contributed by atoms with E-state index in [2.05, 4.69) is 61.2 Å². The van der Waals surface area contributed by atoms with Crippen molar-refractivity contribution in [2.75, 3.05) is 13.7 Å². The summed E-state index contributed by atoms with van der Waals surface area (Å²) in [6, 6.07) is 7.11. The van der Waals surface area contributed by atoms with E-state index in [1.165, 1.54) is 32.1 Å². The molecule has 2 aromatic rings. The number of aromatic nitrogens is 1. The minimum absolute atomic E-state index is 0.153. The summed E-state index contributed by atoms with van der Waals surface area (Å²) in [4.78, 5) is 18.7. The number of methoxy groups -OCH3 is 1. The summed E-state index contributed by atoms with van der Waals surface area (Å²) in [5.74, 6) is 1.69. The van der Waals surface area contributed by atoms with E-state index in [0.717, 1.165) is 35.3 Å². The van der Waals surface area contributed by atoms with E-state index < -0.39 is 0 Å². The standard InChI is InChI=1S/C27H41N3O2/c1-7-29-18(2)20(4)30(21(5)19(29)3)27(31)24-17-28(16-22-12-9-8-10-13-22)26-23(24)14-11-15-25(26)32-6/h11,14-15,17-22H,7-10,12-13,16H2,1-6H3. The molecule has 2 aliphatic rings. The van der Waals surface area contributed by atoms with Gasteiger partial charge in [-0.25, -0.2) is 0 Å². The molecular formula is C27H41N3O2. The van der Waals surface area contributed by atoms with Gasteiger partial charge in [0.1, 0.15) is 5.75 Å². The smallest absolute Gasteiger partial charge is 0.256 e. The minimum Gasteiger partial charge on any atom is -0.495 e. The first-order valence-corrected chi connectivity index (χ1v) is 12.6. The lowest BCUT2D eigenvalue weighted by Gasteiger charge is -2.52. The molecule has 1 aromatic carbocycles. The number of amides is 1. The molecule has 2 heterocycles. The van der Waals surface area contributed by atoms with Crippen LogP contribution in [0.3, 0.4) is 0 Å². The summed E-state index contributed by atoms with van der Waals surface area (Å²) in [5, 5.41) is 1.02. The number of rotatable bonds is 5. The van der Waals surface area contributed by atoms with Gasteiger partial charge in [-0.05, 0) is 59.1 Å². The summed E-state index contributed by atoms with van der Waals surface area (Å²) in [5.41, 5.74) is 1.88. The Morgan fingerprint density at radius 2 is 1.66 bits per heavy atom. The van der Waals surface area contributed by atoms with E-state index in [1.54, 1.807) is 7.11 Å². The highest BCUT2D eigenvalue weighted by atomic mass is 16.5. The van der Waals surface area contributed by atoms with E-state index >= 15 is 0 Å². The predicted octanol–water partition coefficient (Wildman–Crippen LogP) is 5.56. The maximum Gasteiger partial charge on any atom is 0.256 e. The van der Waals surface area contributed by atoms with Crippen molar-refractivity contribution in [1.29, 1.82) is 0 Å². The first-order valence-electron chi connectivity index (χ1n) is 12.6. The molecule has 1 amide bonds. The van der Waals surface area contributed by atoms with Crippen molar-refractivity contribution in [3.05, 3.63) is 30.0 Å². The molecule has 0 bridgehead atoms. The van der Waals surface area contributed by atoms with Gasteiger partial charge >= 0.3 is 0 Å². The Bertz CT molecular complexity index is 930. The Balaban J connectivity index is 1.74. The topological polar surface area (TPSA) is 37.7 Å². The second kappa shape index (κ2) is 9.46. The number of fused-ring (bicyclic) bond motifs is 1. The highest BCUT2D eigenvalue weighted by Crippen LogP contribution is 2.35. The third-order valence-corrected chi connectivity index (χ3v) is 8.41. The molecule has 4 unspecified atom stereocenters. The van der Waals surface area contributed by atoms with Crippen molar-refractivity contribution in [1.82, 2.24) is 14.4 Å². The Morgan fingerprint density at radius 1 is 1.00 bits per heavy atom. The molecular weight excluding hydrogens is 398 g/mol. The molecule has 4 rings (SSSR count). The second-order valence-corrected chi connectivity index (χ2v) is 10.1. The van der Waals surface area contributed by atoms with Gasteiger partial charge in [-0.1, -0.05) is 38.3 Å². The molecule has 4 atom stereocenters. The number of nitrogens with zero attached hydrogens (tertiary/aromatic N) is 3. The largest absolute Gasteiger partial charge is 0.495 e. The summed E-state index contributed by atoms with van der Waals surface area (Å²) < 4.78 is 8.06. The van der Waals surface area contributed by atoms with Gasteiger partial charge in [0, 0.05) is 42.3 Å². The maximum absolute atomic E-state index is 14.1. The Hall–Kier alpha value is -2.01. The zero-order valence-electron chi connectivity index (χ0n) is 20.8. The number of para-hydroxylation sites is 1. The van der Waals surface area contributed by atoms with Crippen LogP contribution >= 0.6 is 0 Å². The lowest BCUT2D eigenvalue weighted by Crippen LogP contribution is -2.66. The number of piperazine rings is 1. The lowest BCUT2D eigenvalue weighted by atomic mass is 9.89. The van der Waals surface area contributed by atoms with E-state index in [0.29, 0.717) is 18.0 Å². The molecule has 1 saturated heterocycles. The van der Waals surface area contributed by atoms with Crippen molar-refractivity contribution < 1.29 is 9.53 Å². The molecule has 32 heavy (non-hydrogen) atoms. The highest BCUT2D eigenvalue weighted by Gasteiger charge is 2.42. The van der Waals surface area contributed by atoms with Gasteiger partial charge in [0.2, 0.25) is 0 Å². The number of likely N-dealkylation sites (N-methyl/N-ethyl adjacent to an activating group) is 1.